The second kappa shape index (κ2) is 5.09. The average Bonchev–Trinajstić information content (AvgIpc) is 2.31. The summed E-state index contributed by atoms with van der Waals surface area (Å²) in [5.41, 5.74) is 0.566. The molecular weight excluding hydrogens is 208 g/mol. The Balaban J connectivity index is 2.10. The molecule has 1 aliphatic heterocycles. The van der Waals surface area contributed by atoms with Crippen molar-refractivity contribution in [2.24, 2.45) is 0 Å². The van der Waals surface area contributed by atoms with Crippen molar-refractivity contribution in [2.45, 2.75) is 13.2 Å². The Kier molecular flexibility index (Phi) is 3.54. The van der Waals surface area contributed by atoms with Crippen molar-refractivity contribution in [3.8, 4) is 5.75 Å². The van der Waals surface area contributed by atoms with Gasteiger partial charge in [-0.3, -0.25) is 4.79 Å². The first-order valence-corrected chi connectivity index (χ1v) is 5.23. The fraction of sp³-hybridized carbons (Fsp3) is 0.417. The minimum atomic E-state index is -0.422. The third kappa shape index (κ3) is 2.59. The van der Waals surface area contributed by atoms with E-state index in [0.29, 0.717) is 31.1 Å². The fourth-order valence-corrected chi connectivity index (χ4v) is 1.54. The van der Waals surface area contributed by atoms with E-state index < -0.39 is 6.29 Å². The molecule has 1 atom stereocenters. The Hall–Kier alpha value is -1.39. The van der Waals surface area contributed by atoms with E-state index in [4.69, 9.17) is 14.2 Å². The number of ketones is 1. The van der Waals surface area contributed by atoms with Gasteiger partial charge in [0.15, 0.2) is 5.78 Å². The number of carbonyl (C=O) groups is 1. The Morgan fingerprint density at radius 2 is 2.19 bits per heavy atom. The zero-order valence-electron chi connectivity index (χ0n) is 9.14. The maximum Gasteiger partial charge on any atom is 0.223 e. The lowest BCUT2D eigenvalue weighted by atomic mass is 10.1. The van der Waals surface area contributed by atoms with E-state index >= 15 is 0 Å². The maximum absolute atomic E-state index is 11.4. The standard InChI is InChI=1S/C12H14O4/c1-9(13)10-4-2-3-5-11(10)16-12-8-14-6-7-15-12/h2-5,12H,6-8H2,1H3. The molecule has 0 amide bonds. The molecule has 1 aromatic rings. The monoisotopic (exact) mass is 222 g/mol. The minimum absolute atomic E-state index is 0.0210. The molecule has 1 unspecified atom stereocenters. The van der Waals surface area contributed by atoms with Gasteiger partial charge in [-0.15, -0.1) is 0 Å². The van der Waals surface area contributed by atoms with E-state index in [0.717, 1.165) is 0 Å². The highest BCUT2D eigenvalue weighted by molar-refractivity contribution is 5.96. The van der Waals surface area contributed by atoms with Crippen molar-refractivity contribution in [3.63, 3.8) is 0 Å². The predicted octanol–water partition coefficient (Wildman–Crippen LogP) is 1.64. The van der Waals surface area contributed by atoms with Gasteiger partial charge in [0.2, 0.25) is 6.29 Å². The molecule has 1 heterocycles. The van der Waals surface area contributed by atoms with Gasteiger partial charge in [0, 0.05) is 0 Å². The molecule has 0 bridgehead atoms. The molecule has 0 radical (unpaired) electrons. The molecule has 86 valence electrons. The van der Waals surface area contributed by atoms with Crippen LogP contribution in [-0.2, 0) is 9.47 Å². The van der Waals surface area contributed by atoms with Crippen LogP contribution in [0.15, 0.2) is 24.3 Å². The molecule has 1 saturated heterocycles. The summed E-state index contributed by atoms with van der Waals surface area (Å²) in [6.45, 7) is 3.02. The molecule has 0 saturated carbocycles. The van der Waals surface area contributed by atoms with Crippen LogP contribution in [0.4, 0.5) is 0 Å². The van der Waals surface area contributed by atoms with Gasteiger partial charge in [-0.2, -0.15) is 0 Å². The number of benzene rings is 1. The molecule has 0 aliphatic carbocycles. The average molecular weight is 222 g/mol. The quantitative estimate of drug-likeness (QED) is 0.729. The highest BCUT2D eigenvalue weighted by atomic mass is 16.7. The van der Waals surface area contributed by atoms with Gasteiger partial charge in [-0.25, -0.2) is 0 Å². The number of hydrogen-bond acceptors (Lipinski definition) is 4. The number of rotatable bonds is 3. The van der Waals surface area contributed by atoms with Gasteiger partial charge in [-0.1, -0.05) is 12.1 Å². The van der Waals surface area contributed by atoms with Gasteiger partial charge >= 0.3 is 0 Å². The van der Waals surface area contributed by atoms with Crippen molar-refractivity contribution in [2.75, 3.05) is 19.8 Å². The number of hydrogen-bond donors (Lipinski definition) is 0. The van der Waals surface area contributed by atoms with Crippen molar-refractivity contribution < 1.29 is 19.0 Å². The summed E-state index contributed by atoms with van der Waals surface area (Å²) in [4.78, 5) is 11.4. The van der Waals surface area contributed by atoms with Crippen LogP contribution < -0.4 is 4.74 Å². The lowest BCUT2D eigenvalue weighted by molar-refractivity contribution is -0.171. The molecule has 0 N–H and O–H groups in total. The maximum atomic E-state index is 11.4. The van der Waals surface area contributed by atoms with Crippen molar-refractivity contribution >= 4 is 5.78 Å². The summed E-state index contributed by atoms with van der Waals surface area (Å²) < 4.78 is 16.2. The lowest BCUT2D eigenvalue weighted by Crippen LogP contribution is -2.33. The topological polar surface area (TPSA) is 44.8 Å². The molecule has 1 fully saturated rings. The Labute approximate surface area is 94.1 Å². The van der Waals surface area contributed by atoms with Gasteiger partial charge < -0.3 is 14.2 Å². The molecule has 16 heavy (non-hydrogen) atoms. The molecule has 1 aliphatic rings. The van der Waals surface area contributed by atoms with Crippen molar-refractivity contribution in [1.82, 2.24) is 0 Å². The summed E-state index contributed by atoms with van der Waals surface area (Å²) in [6.07, 6.45) is -0.422. The molecule has 4 heteroatoms. The summed E-state index contributed by atoms with van der Waals surface area (Å²) in [6, 6.07) is 7.13. The summed E-state index contributed by atoms with van der Waals surface area (Å²) >= 11 is 0. The van der Waals surface area contributed by atoms with E-state index in [2.05, 4.69) is 0 Å². The van der Waals surface area contributed by atoms with Crippen LogP contribution in [0, 0.1) is 0 Å². The summed E-state index contributed by atoms with van der Waals surface area (Å²) in [7, 11) is 0. The minimum Gasteiger partial charge on any atom is -0.462 e. The van der Waals surface area contributed by atoms with Crippen LogP contribution in [0.25, 0.3) is 0 Å². The molecule has 0 aromatic heterocycles. The molecule has 0 spiro atoms. The van der Waals surface area contributed by atoms with Gasteiger partial charge in [0.05, 0.1) is 18.8 Å². The zero-order valence-corrected chi connectivity index (χ0v) is 9.14. The van der Waals surface area contributed by atoms with E-state index in [-0.39, 0.29) is 5.78 Å². The van der Waals surface area contributed by atoms with Gasteiger partial charge in [0.25, 0.3) is 0 Å². The third-order valence-electron chi connectivity index (χ3n) is 2.31. The molecular formula is C12H14O4. The third-order valence-corrected chi connectivity index (χ3v) is 2.31. The lowest BCUT2D eigenvalue weighted by Gasteiger charge is -2.24. The van der Waals surface area contributed by atoms with Crippen LogP contribution in [0.2, 0.25) is 0 Å². The Morgan fingerprint density at radius 3 is 2.88 bits per heavy atom. The van der Waals surface area contributed by atoms with Gasteiger partial charge in [-0.05, 0) is 19.1 Å². The second-order valence-electron chi connectivity index (χ2n) is 3.55. The highest BCUT2D eigenvalue weighted by Crippen LogP contribution is 2.20. The highest BCUT2D eigenvalue weighted by Gasteiger charge is 2.18. The number of para-hydroxylation sites is 1. The Morgan fingerprint density at radius 1 is 1.38 bits per heavy atom. The van der Waals surface area contributed by atoms with Crippen molar-refractivity contribution in [3.05, 3.63) is 29.8 Å². The largest absolute Gasteiger partial charge is 0.462 e. The summed E-state index contributed by atoms with van der Waals surface area (Å²) in [5, 5.41) is 0. The first kappa shape index (κ1) is 11.1. The van der Waals surface area contributed by atoms with Crippen molar-refractivity contribution in [1.29, 1.82) is 0 Å². The number of ether oxygens (including phenoxy) is 3. The zero-order chi connectivity index (χ0) is 11.4. The first-order valence-electron chi connectivity index (χ1n) is 5.23. The fourth-order valence-electron chi connectivity index (χ4n) is 1.54. The van der Waals surface area contributed by atoms with E-state index in [1.165, 1.54) is 6.92 Å². The second-order valence-corrected chi connectivity index (χ2v) is 3.55. The normalized spacial score (nSPS) is 20.4. The number of Topliss-reactive ketones (excluding diaryl/α,β-unsaturated/α-hetero) is 1. The predicted molar refractivity (Wildman–Crippen MR) is 57.6 cm³/mol. The first-order chi connectivity index (χ1) is 7.77. The number of carbonyl (C=O) groups excluding carboxylic acids is 1. The van der Waals surface area contributed by atoms with Crippen LogP contribution >= 0.6 is 0 Å². The van der Waals surface area contributed by atoms with Crippen LogP contribution in [-0.4, -0.2) is 31.9 Å². The van der Waals surface area contributed by atoms with E-state index in [9.17, 15) is 4.79 Å². The Bertz CT molecular complexity index is 369. The molecule has 1 aromatic carbocycles. The van der Waals surface area contributed by atoms with E-state index in [1.807, 2.05) is 12.1 Å². The van der Waals surface area contributed by atoms with E-state index in [1.54, 1.807) is 12.1 Å². The van der Waals surface area contributed by atoms with Crippen LogP contribution in [0.5, 0.6) is 5.75 Å². The SMILES string of the molecule is CC(=O)c1ccccc1OC1COCCO1. The summed E-state index contributed by atoms with van der Waals surface area (Å²) in [5.74, 6) is 0.526. The van der Waals surface area contributed by atoms with Crippen LogP contribution in [0.3, 0.4) is 0 Å². The molecule has 4 nitrogen and oxygen atoms in total. The smallest absolute Gasteiger partial charge is 0.223 e. The van der Waals surface area contributed by atoms with Crippen LogP contribution in [0.1, 0.15) is 17.3 Å². The molecule has 2 rings (SSSR count). The van der Waals surface area contributed by atoms with Gasteiger partial charge in [0.1, 0.15) is 12.4 Å².